The van der Waals surface area contributed by atoms with Crippen molar-refractivity contribution >= 4 is 27.5 Å². The van der Waals surface area contributed by atoms with Gasteiger partial charge in [0.2, 0.25) is 0 Å². The first-order valence-electron chi connectivity index (χ1n) is 5.44. The highest BCUT2D eigenvalue weighted by Gasteiger charge is 2.15. The Labute approximate surface area is 118 Å². The Kier molecular flexibility index (Phi) is 4.38. The van der Waals surface area contributed by atoms with E-state index < -0.39 is 11.9 Å². The zero-order chi connectivity index (χ0) is 13.1. The highest BCUT2D eigenvalue weighted by Crippen LogP contribution is 2.26. The first-order chi connectivity index (χ1) is 8.58. The van der Waals surface area contributed by atoms with Gasteiger partial charge in [-0.1, -0.05) is 35.9 Å². The molecule has 2 aromatic rings. The van der Waals surface area contributed by atoms with Gasteiger partial charge in [-0.2, -0.15) is 0 Å². The number of hydrogen-bond acceptors (Lipinski definition) is 1. The number of aliphatic hydroxyl groups is 1. The molecule has 0 saturated carbocycles. The van der Waals surface area contributed by atoms with Crippen LogP contribution in [0.1, 0.15) is 17.2 Å². The van der Waals surface area contributed by atoms with Crippen molar-refractivity contribution in [2.75, 3.05) is 0 Å². The lowest BCUT2D eigenvalue weighted by Crippen LogP contribution is -2.04. The Morgan fingerprint density at radius 1 is 1.17 bits per heavy atom. The minimum atomic E-state index is -0.872. The van der Waals surface area contributed by atoms with Gasteiger partial charge in [-0.05, 0) is 39.7 Å². The summed E-state index contributed by atoms with van der Waals surface area (Å²) in [6.45, 7) is 0. The van der Waals surface area contributed by atoms with Gasteiger partial charge in [-0.15, -0.1) is 0 Å². The summed E-state index contributed by atoms with van der Waals surface area (Å²) >= 11 is 8.89. The predicted molar refractivity (Wildman–Crippen MR) is 74.2 cm³/mol. The van der Waals surface area contributed by atoms with Crippen LogP contribution in [0.2, 0.25) is 5.02 Å². The molecular weight excluding hydrogens is 319 g/mol. The van der Waals surface area contributed by atoms with Gasteiger partial charge in [-0.3, -0.25) is 0 Å². The van der Waals surface area contributed by atoms with E-state index in [2.05, 4.69) is 15.9 Å². The molecule has 1 N–H and O–H groups in total. The van der Waals surface area contributed by atoms with Crippen molar-refractivity contribution in [3.63, 3.8) is 0 Å². The normalized spacial score (nSPS) is 12.4. The minimum Gasteiger partial charge on any atom is -0.388 e. The maximum atomic E-state index is 13.8. The number of halogens is 3. The molecule has 0 radical (unpaired) electrons. The molecular formula is C14H11BrClFO. The van der Waals surface area contributed by atoms with Crippen molar-refractivity contribution < 1.29 is 9.50 Å². The smallest absolute Gasteiger partial charge is 0.143 e. The van der Waals surface area contributed by atoms with E-state index in [1.807, 2.05) is 12.1 Å². The molecule has 0 aliphatic rings. The molecule has 0 spiro atoms. The van der Waals surface area contributed by atoms with Gasteiger partial charge in [-0.25, -0.2) is 4.39 Å². The van der Waals surface area contributed by atoms with E-state index in [0.29, 0.717) is 21.5 Å². The lowest BCUT2D eigenvalue weighted by atomic mass is 10.0. The lowest BCUT2D eigenvalue weighted by molar-refractivity contribution is 0.173. The van der Waals surface area contributed by atoms with Gasteiger partial charge in [0.25, 0.3) is 0 Å². The lowest BCUT2D eigenvalue weighted by Gasteiger charge is -2.12. The maximum absolute atomic E-state index is 13.8. The quantitative estimate of drug-likeness (QED) is 0.878. The first kappa shape index (κ1) is 13.5. The predicted octanol–water partition coefficient (Wildman–Crippen LogP) is 4.52. The van der Waals surface area contributed by atoms with E-state index in [0.717, 1.165) is 5.56 Å². The van der Waals surface area contributed by atoms with Crippen LogP contribution in [0.15, 0.2) is 46.9 Å². The average molecular weight is 330 g/mol. The fourth-order valence-electron chi connectivity index (χ4n) is 1.73. The van der Waals surface area contributed by atoms with Crippen LogP contribution in [-0.2, 0) is 6.42 Å². The average Bonchev–Trinajstić information content (AvgIpc) is 2.35. The van der Waals surface area contributed by atoms with Crippen LogP contribution >= 0.6 is 27.5 Å². The summed E-state index contributed by atoms with van der Waals surface area (Å²) in [5, 5.41) is 10.7. The van der Waals surface area contributed by atoms with Gasteiger partial charge in [0.05, 0.1) is 10.6 Å². The zero-order valence-electron chi connectivity index (χ0n) is 9.41. The topological polar surface area (TPSA) is 20.2 Å². The first-order valence-corrected chi connectivity index (χ1v) is 6.61. The SMILES string of the molecule is OC(Cc1ccc(Cl)cc1)c1cccc(Br)c1F. The third kappa shape index (κ3) is 3.10. The Balaban J connectivity index is 2.19. The van der Waals surface area contributed by atoms with E-state index in [9.17, 15) is 9.50 Å². The summed E-state index contributed by atoms with van der Waals surface area (Å²) in [7, 11) is 0. The summed E-state index contributed by atoms with van der Waals surface area (Å²) in [6, 6.07) is 12.0. The van der Waals surface area contributed by atoms with Crippen LogP contribution in [0.3, 0.4) is 0 Å². The Morgan fingerprint density at radius 2 is 1.83 bits per heavy atom. The summed E-state index contributed by atoms with van der Waals surface area (Å²) in [4.78, 5) is 0. The molecule has 2 rings (SSSR count). The van der Waals surface area contributed by atoms with Gasteiger partial charge < -0.3 is 5.11 Å². The highest BCUT2D eigenvalue weighted by molar-refractivity contribution is 9.10. The number of hydrogen-bond donors (Lipinski definition) is 1. The molecule has 4 heteroatoms. The van der Waals surface area contributed by atoms with E-state index >= 15 is 0 Å². The van der Waals surface area contributed by atoms with Crippen LogP contribution in [0.4, 0.5) is 4.39 Å². The Bertz CT molecular complexity index is 542. The van der Waals surface area contributed by atoms with Gasteiger partial charge in [0.1, 0.15) is 5.82 Å². The second-order valence-corrected chi connectivity index (χ2v) is 5.28. The molecule has 0 bridgehead atoms. The molecule has 1 nitrogen and oxygen atoms in total. The van der Waals surface area contributed by atoms with E-state index in [1.165, 1.54) is 0 Å². The molecule has 1 atom stereocenters. The monoisotopic (exact) mass is 328 g/mol. The van der Waals surface area contributed by atoms with Crippen LogP contribution in [0, 0.1) is 5.82 Å². The maximum Gasteiger partial charge on any atom is 0.143 e. The second-order valence-electron chi connectivity index (χ2n) is 3.99. The van der Waals surface area contributed by atoms with Crippen molar-refractivity contribution in [1.82, 2.24) is 0 Å². The summed E-state index contributed by atoms with van der Waals surface area (Å²) in [6.07, 6.45) is -0.520. The molecule has 0 aromatic heterocycles. The number of benzene rings is 2. The zero-order valence-corrected chi connectivity index (χ0v) is 11.7. The fraction of sp³-hybridized carbons (Fsp3) is 0.143. The van der Waals surface area contributed by atoms with Gasteiger partial charge >= 0.3 is 0 Å². The van der Waals surface area contributed by atoms with Crippen molar-refractivity contribution in [2.24, 2.45) is 0 Å². The second kappa shape index (κ2) is 5.83. The van der Waals surface area contributed by atoms with Crippen LogP contribution in [-0.4, -0.2) is 5.11 Å². The van der Waals surface area contributed by atoms with E-state index in [1.54, 1.807) is 30.3 Å². The molecule has 0 aliphatic heterocycles. The molecule has 0 saturated heterocycles. The number of rotatable bonds is 3. The standard InChI is InChI=1S/C14H11BrClFO/c15-12-3-1-2-11(14(12)17)13(18)8-9-4-6-10(16)7-5-9/h1-7,13,18H,8H2. The van der Waals surface area contributed by atoms with E-state index in [-0.39, 0.29) is 0 Å². The molecule has 18 heavy (non-hydrogen) atoms. The van der Waals surface area contributed by atoms with Crippen LogP contribution in [0.5, 0.6) is 0 Å². The van der Waals surface area contributed by atoms with Crippen molar-refractivity contribution in [2.45, 2.75) is 12.5 Å². The third-order valence-electron chi connectivity index (χ3n) is 2.68. The van der Waals surface area contributed by atoms with Gasteiger partial charge in [0, 0.05) is 17.0 Å². The molecule has 0 amide bonds. The third-order valence-corrected chi connectivity index (χ3v) is 3.55. The molecule has 2 aromatic carbocycles. The summed E-state index contributed by atoms with van der Waals surface area (Å²) in [5.74, 6) is -0.418. The Morgan fingerprint density at radius 3 is 2.50 bits per heavy atom. The molecule has 1 unspecified atom stereocenters. The molecule has 0 heterocycles. The summed E-state index contributed by atoms with van der Waals surface area (Å²) < 4.78 is 14.1. The van der Waals surface area contributed by atoms with Crippen molar-refractivity contribution in [3.05, 3.63) is 68.9 Å². The minimum absolute atomic E-state index is 0.291. The van der Waals surface area contributed by atoms with Gasteiger partial charge in [0.15, 0.2) is 0 Å². The van der Waals surface area contributed by atoms with Crippen molar-refractivity contribution in [1.29, 1.82) is 0 Å². The fourth-order valence-corrected chi connectivity index (χ4v) is 2.24. The number of aliphatic hydroxyl groups excluding tert-OH is 1. The van der Waals surface area contributed by atoms with Crippen molar-refractivity contribution in [3.8, 4) is 0 Å². The molecule has 0 aliphatic carbocycles. The highest BCUT2D eigenvalue weighted by atomic mass is 79.9. The summed E-state index contributed by atoms with van der Waals surface area (Å²) in [5.41, 5.74) is 1.20. The largest absolute Gasteiger partial charge is 0.388 e. The Hall–Kier alpha value is -0.900. The van der Waals surface area contributed by atoms with E-state index in [4.69, 9.17) is 11.6 Å². The molecule has 0 fully saturated rings. The van der Waals surface area contributed by atoms with Crippen LogP contribution < -0.4 is 0 Å². The molecule has 94 valence electrons. The van der Waals surface area contributed by atoms with Crippen LogP contribution in [0.25, 0.3) is 0 Å².